The summed E-state index contributed by atoms with van der Waals surface area (Å²) in [6.07, 6.45) is 1.73. The fraction of sp³-hybridized carbons (Fsp3) is 0.200. The number of nitrogens with zero attached hydrogens (tertiary/aromatic N) is 1. The van der Waals surface area contributed by atoms with Crippen LogP contribution in [0.1, 0.15) is 23.6 Å². The fourth-order valence-corrected chi connectivity index (χ4v) is 4.09. The van der Waals surface area contributed by atoms with Gasteiger partial charge in [0, 0.05) is 4.47 Å². The Morgan fingerprint density at radius 1 is 1.03 bits per heavy atom. The maximum Gasteiger partial charge on any atom is 0.244 e. The van der Waals surface area contributed by atoms with E-state index >= 15 is 0 Å². The zero-order valence-electron chi connectivity index (χ0n) is 18.3. The van der Waals surface area contributed by atoms with Gasteiger partial charge >= 0.3 is 0 Å². The Morgan fingerprint density at radius 2 is 1.79 bits per heavy atom. The first-order chi connectivity index (χ1) is 16.5. The molecule has 7 nitrogen and oxygen atoms in total. The molecule has 0 saturated carbocycles. The summed E-state index contributed by atoms with van der Waals surface area (Å²) in [6.45, 7) is 2.98. The van der Waals surface area contributed by atoms with Gasteiger partial charge in [0.25, 0.3) is 0 Å². The number of nitrogens with one attached hydrogen (secondary N) is 1. The maximum atomic E-state index is 12.3. The Kier molecular flexibility index (Phi) is 8.08. The third-order valence-corrected chi connectivity index (χ3v) is 5.95. The second kappa shape index (κ2) is 11.4. The number of hydrogen-bond acceptors (Lipinski definition) is 6. The third kappa shape index (κ3) is 6.30. The monoisotopic (exact) mass is 588 g/mol. The molecule has 4 rings (SSSR count). The summed E-state index contributed by atoms with van der Waals surface area (Å²) in [7, 11) is 0. The first-order valence-corrected chi connectivity index (χ1v) is 12.1. The lowest BCUT2D eigenvalue weighted by Crippen LogP contribution is -2.19. The Labute approximate surface area is 214 Å². The number of ether oxygens (including phenoxy) is 4. The quantitative estimate of drug-likeness (QED) is 0.259. The van der Waals surface area contributed by atoms with Crippen LogP contribution in [0.15, 0.2) is 68.6 Å². The molecular formula is C25H22Br2N2O5. The molecule has 1 aliphatic heterocycles. The summed E-state index contributed by atoms with van der Waals surface area (Å²) in [4.78, 5) is 12.3. The van der Waals surface area contributed by atoms with Gasteiger partial charge in [0.1, 0.15) is 6.61 Å². The van der Waals surface area contributed by atoms with Crippen molar-refractivity contribution in [2.45, 2.75) is 20.0 Å². The molecular weight excluding hydrogens is 568 g/mol. The van der Waals surface area contributed by atoms with Crippen molar-refractivity contribution in [1.82, 2.24) is 5.43 Å². The van der Waals surface area contributed by atoms with Crippen LogP contribution in [-0.4, -0.2) is 25.5 Å². The van der Waals surface area contributed by atoms with E-state index in [9.17, 15) is 4.79 Å². The van der Waals surface area contributed by atoms with Crippen LogP contribution in [0.2, 0.25) is 0 Å². The molecule has 9 heteroatoms. The van der Waals surface area contributed by atoms with Crippen molar-refractivity contribution < 1.29 is 23.7 Å². The predicted molar refractivity (Wildman–Crippen MR) is 136 cm³/mol. The van der Waals surface area contributed by atoms with Gasteiger partial charge in [-0.1, -0.05) is 34.1 Å². The maximum absolute atomic E-state index is 12.3. The molecule has 176 valence electrons. The number of hydrogen-bond donors (Lipinski definition) is 1. The van der Waals surface area contributed by atoms with Crippen molar-refractivity contribution in [1.29, 1.82) is 0 Å². The number of carbonyl (C=O) groups excluding carboxylic acids is 1. The van der Waals surface area contributed by atoms with Crippen LogP contribution in [0.25, 0.3) is 0 Å². The number of carbonyl (C=O) groups is 1. The SMILES string of the molecule is CCOc1cc(/C=N\NC(=O)Cc2ccc3c(c2)OCO3)cc(Br)c1OCc1ccc(Br)cc1. The van der Waals surface area contributed by atoms with E-state index < -0.39 is 0 Å². The van der Waals surface area contributed by atoms with Crippen molar-refractivity contribution >= 4 is 44.0 Å². The van der Waals surface area contributed by atoms with Gasteiger partial charge in [-0.3, -0.25) is 4.79 Å². The molecule has 34 heavy (non-hydrogen) atoms. The highest BCUT2D eigenvalue weighted by Crippen LogP contribution is 2.37. The van der Waals surface area contributed by atoms with E-state index in [1.807, 2.05) is 49.4 Å². The van der Waals surface area contributed by atoms with Crippen molar-refractivity contribution in [3.05, 3.63) is 80.2 Å². The van der Waals surface area contributed by atoms with Crippen LogP contribution in [0.3, 0.4) is 0 Å². The van der Waals surface area contributed by atoms with E-state index in [2.05, 4.69) is 42.4 Å². The predicted octanol–water partition coefficient (Wildman–Crippen LogP) is 5.61. The van der Waals surface area contributed by atoms with Crippen LogP contribution in [0, 0.1) is 0 Å². The van der Waals surface area contributed by atoms with Gasteiger partial charge in [-0.25, -0.2) is 5.43 Å². The van der Waals surface area contributed by atoms with Crippen LogP contribution in [0.5, 0.6) is 23.0 Å². The van der Waals surface area contributed by atoms with Crippen LogP contribution < -0.4 is 24.4 Å². The highest BCUT2D eigenvalue weighted by atomic mass is 79.9. The van der Waals surface area contributed by atoms with E-state index in [1.54, 1.807) is 18.3 Å². The van der Waals surface area contributed by atoms with Gasteiger partial charge in [-0.2, -0.15) is 5.10 Å². The average molecular weight is 590 g/mol. The Morgan fingerprint density at radius 3 is 2.59 bits per heavy atom. The zero-order chi connectivity index (χ0) is 23.9. The molecule has 0 aliphatic carbocycles. The van der Waals surface area contributed by atoms with E-state index in [1.165, 1.54) is 0 Å². The Balaban J connectivity index is 1.38. The molecule has 0 aromatic heterocycles. The number of amides is 1. The molecule has 0 spiro atoms. The summed E-state index contributed by atoms with van der Waals surface area (Å²) in [5, 5.41) is 4.08. The molecule has 0 radical (unpaired) electrons. The highest BCUT2D eigenvalue weighted by Gasteiger charge is 2.15. The summed E-state index contributed by atoms with van der Waals surface area (Å²) in [5.74, 6) is 2.27. The summed E-state index contributed by atoms with van der Waals surface area (Å²) in [5.41, 5.74) is 5.14. The number of fused-ring (bicyclic) bond motifs is 1. The van der Waals surface area contributed by atoms with Crippen molar-refractivity contribution in [2.75, 3.05) is 13.4 Å². The molecule has 1 aliphatic rings. The molecule has 1 heterocycles. The Hall–Kier alpha value is -3.04. The highest BCUT2D eigenvalue weighted by molar-refractivity contribution is 9.10. The van der Waals surface area contributed by atoms with Gasteiger partial charge in [0.2, 0.25) is 12.7 Å². The number of halogens is 2. The largest absolute Gasteiger partial charge is 0.490 e. The molecule has 0 atom stereocenters. The van der Waals surface area contributed by atoms with Crippen LogP contribution in [-0.2, 0) is 17.8 Å². The second-order valence-corrected chi connectivity index (χ2v) is 9.11. The summed E-state index contributed by atoms with van der Waals surface area (Å²) < 4.78 is 24.2. The number of hydrazone groups is 1. The third-order valence-electron chi connectivity index (χ3n) is 4.83. The van der Waals surface area contributed by atoms with E-state index in [0.29, 0.717) is 36.2 Å². The minimum Gasteiger partial charge on any atom is -0.490 e. The Bertz CT molecular complexity index is 1200. The molecule has 3 aromatic rings. The fourth-order valence-electron chi connectivity index (χ4n) is 3.26. The molecule has 0 bridgehead atoms. The van der Waals surface area contributed by atoms with Gasteiger partial charge in [-0.05, 0) is 75.9 Å². The van der Waals surface area contributed by atoms with E-state index in [4.69, 9.17) is 18.9 Å². The van der Waals surface area contributed by atoms with Gasteiger partial charge in [0.15, 0.2) is 23.0 Å². The van der Waals surface area contributed by atoms with Crippen LogP contribution in [0.4, 0.5) is 0 Å². The minimum absolute atomic E-state index is 0.171. The zero-order valence-corrected chi connectivity index (χ0v) is 21.5. The minimum atomic E-state index is -0.242. The summed E-state index contributed by atoms with van der Waals surface area (Å²) in [6, 6.07) is 17.0. The van der Waals surface area contributed by atoms with Crippen LogP contribution >= 0.6 is 31.9 Å². The molecule has 1 amide bonds. The molecule has 0 fully saturated rings. The average Bonchev–Trinajstić information content (AvgIpc) is 3.28. The second-order valence-electron chi connectivity index (χ2n) is 7.34. The lowest BCUT2D eigenvalue weighted by atomic mass is 10.1. The molecule has 0 saturated heterocycles. The standard InChI is InChI=1S/C25H22Br2N2O5/c1-2-31-23-11-18(9-20(27)25(23)32-14-16-3-6-19(26)7-4-16)13-28-29-24(30)12-17-5-8-21-22(10-17)34-15-33-21/h3-11,13H,2,12,14-15H2,1H3,(H,29,30)/b28-13-. The van der Waals surface area contributed by atoms with E-state index in [-0.39, 0.29) is 19.1 Å². The van der Waals surface area contributed by atoms with Gasteiger partial charge < -0.3 is 18.9 Å². The van der Waals surface area contributed by atoms with Gasteiger partial charge in [0.05, 0.1) is 23.7 Å². The lowest BCUT2D eigenvalue weighted by Gasteiger charge is -2.14. The lowest BCUT2D eigenvalue weighted by molar-refractivity contribution is -0.120. The first-order valence-electron chi connectivity index (χ1n) is 10.6. The normalized spacial score (nSPS) is 12.1. The number of rotatable bonds is 9. The molecule has 3 aromatic carbocycles. The van der Waals surface area contributed by atoms with E-state index in [0.717, 1.165) is 25.6 Å². The molecule has 1 N–H and O–H groups in total. The summed E-state index contributed by atoms with van der Waals surface area (Å²) >= 11 is 6.99. The van der Waals surface area contributed by atoms with Gasteiger partial charge in [-0.15, -0.1) is 0 Å². The van der Waals surface area contributed by atoms with Crippen molar-refractivity contribution in [3.63, 3.8) is 0 Å². The molecule has 0 unspecified atom stereocenters. The topological polar surface area (TPSA) is 78.4 Å². The van der Waals surface area contributed by atoms with Crippen molar-refractivity contribution in [3.8, 4) is 23.0 Å². The number of benzene rings is 3. The smallest absolute Gasteiger partial charge is 0.244 e. The first kappa shape index (κ1) is 24.1. The van der Waals surface area contributed by atoms with Crippen molar-refractivity contribution in [2.24, 2.45) is 5.10 Å².